The van der Waals surface area contributed by atoms with E-state index in [4.69, 9.17) is 4.42 Å². The van der Waals surface area contributed by atoms with Gasteiger partial charge in [0.15, 0.2) is 5.78 Å². The summed E-state index contributed by atoms with van der Waals surface area (Å²) in [6, 6.07) is 9.87. The van der Waals surface area contributed by atoms with E-state index in [9.17, 15) is 14.7 Å². The fourth-order valence-electron chi connectivity index (χ4n) is 2.34. The van der Waals surface area contributed by atoms with Crippen molar-refractivity contribution in [2.24, 2.45) is 0 Å². The maximum absolute atomic E-state index is 12.4. The van der Waals surface area contributed by atoms with Crippen molar-refractivity contribution in [2.45, 2.75) is 45.2 Å². The second-order valence-corrected chi connectivity index (χ2v) is 6.81. The van der Waals surface area contributed by atoms with Crippen LogP contribution in [0.2, 0.25) is 0 Å². The molecule has 2 N–H and O–H groups in total. The predicted molar refractivity (Wildman–Crippen MR) is 91.1 cm³/mol. The highest BCUT2D eigenvalue weighted by Gasteiger charge is 2.22. The van der Waals surface area contributed by atoms with Gasteiger partial charge in [0.2, 0.25) is 0 Å². The van der Waals surface area contributed by atoms with E-state index in [0.717, 1.165) is 5.56 Å². The quantitative estimate of drug-likeness (QED) is 0.761. The van der Waals surface area contributed by atoms with E-state index in [1.165, 1.54) is 6.26 Å². The maximum Gasteiger partial charge on any atom is 0.321 e. The first-order chi connectivity index (χ1) is 11.3. The Kier molecular flexibility index (Phi) is 5.57. The Bertz CT molecular complexity index is 681. The summed E-state index contributed by atoms with van der Waals surface area (Å²) in [6.45, 7) is 6.56. The fraction of sp³-hybridized carbons (Fsp3) is 0.368. The number of carboxylic acids is 1. The lowest BCUT2D eigenvalue weighted by atomic mass is 9.86. The van der Waals surface area contributed by atoms with Crippen LogP contribution in [0.1, 0.15) is 48.9 Å². The minimum Gasteiger partial charge on any atom is -0.480 e. The van der Waals surface area contributed by atoms with Gasteiger partial charge in [-0.05, 0) is 23.1 Å². The van der Waals surface area contributed by atoms with Gasteiger partial charge in [0.1, 0.15) is 11.8 Å². The molecule has 128 valence electrons. The molecule has 0 aliphatic heterocycles. The summed E-state index contributed by atoms with van der Waals surface area (Å²) in [6.07, 6.45) is 1.42. The first-order valence-electron chi connectivity index (χ1n) is 7.89. The molecule has 0 saturated heterocycles. The van der Waals surface area contributed by atoms with Crippen LogP contribution in [0, 0.1) is 0 Å². The van der Waals surface area contributed by atoms with Gasteiger partial charge in [-0.3, -0.25) is 14.9 Å². The third kappa shape index (κ3) is 4.80. The van der Waals surface area contributed by atoms with Gasteiger partial charge in [-0.25, -0.2) is 0 Å². The summed E-state index contributed by atoms with van der Waals surface area (Å²) in [5.74, 6) is -0.626. The van der Waals surface area contributed by atoms with Crippen molar-refractivity contribution in [2.75, 3.05) is 0 Å². The van der Waals surface area contributed by atoms with E-state index in [0.29, 0.717) is 11.3 Å². The summed E-state index contributed by atoms with van der Waals surface area (Å²) in [5, 5.41) is 12.1. The Hall–Kier alpha value is -2.40. The number of ketones is 1. The van der Waals surface area contributed by atoms with Crippen LogP contribution in [0.4, 0.5) is 0 Å². The molecule has 1 atom stereocenters. The number of benzene rings is 1. The topological polar surface area (TPSA) is 79.5 Å². The zero-order chi connectivity index (χ0) is 17.7. The molecular formula is C19H23NO4. The van der Waals surface area contributed by atoms with Crippen molar-refractivity contribution >= 4 is 11.8 Å². The Morgan fingerprint density at radius 3 is 2.33 bits per heavy atom. The summed E-state index contributed by atoms with van der Waals surface area (Å²) in [4.78, 5) is 23.7. The third-order valence-electron chi connectivity index (χ3n) is 3.86. The molecule has 0 spiro atoms. The van der Waals surface area contributed by atoms with Gasteiger partial charge < -0.3 is 9.52 Å². The van der Waals surface area contributed by atoms with Crippen LogP contribution in [0.3, 0.4) is 0 Å². The average molecular weight is 329 g/mol. The molecule has 2 rings (SSSR count). The van der Waals surface area contributed by atoms with Crippen molar-refractivity contribution in [1.29, 1.82) is 0 Å². The average Bonchev–Trinajstić information content (AvgIpc) is 3.03. The molecule has 0 fully saturated rings. The zero-order valence-electron chi connectivity index (χ0n) is 14.2. The molecular weight excluding hydrogens is 306 g/mol. The molecule has 1 heterocycles. The summed E-state index contributed by atoms with van der Waals surface area (Å²) >= 11 is 0. The van der Waals surface area contributed by atoms with Gasteiger partial charge >= 0.3 is 5.97 Å². The van der Waals surface area contributed by atoms with Crippen molar-refractivity contribution in [3.63, 3.8) is 0 Å². The molecule has 2 aromatic rings. The molecule has 0 saturated carbocycles. The van der Waals surface area contributed by atoms with Gasteiger partial charge in [0.25, 0.3) is 0 Å². The largest absolute Gasteiger partial charge is 0.480 e. The maximum atomic E-state index is 12.4. The van der Waals surface area contributed by atoms with E-state index >= 15 is 0 Å². The van der Waals surface area contributed by atoms with E-state index < -0.39 is 12.0 Å². The Morgan fingerprint density at radius 2 is 1.83 bits per heavy atom. The number of rotatable bonds is 7. The molecule has 0 radical (unpaired) electrons. The van der Waals surface area contributed by atoms with Crippen LogP contribution >= 0.6 is 0 Å². The van der Waals surface area contributed by atoms with Gasteiger partial charge in [-0.15, -0.1) is 0 Å². The van der Waals surface area contributed by atoms with E-state index in [-0.39, 0.29) is 24.2 Å². The van der Waals surface area contributed by atoms with Crippen molar-refractivity contribution < 1.29 is 19.1 Å². The smallest absolute Gasteiger partial charge is 0.321 e. The number of carboxylic acid groups (broad SMARTS) is 1. The molecule has 1 aromatic carbocycles. The number of carbonyl (C=O) groups excluding carboxylic acids is 1. The minimum absolute atomic E-state index is 0.00970. The van der Waals surface area contributed by atoms with Crippen LogP contribution in [-0.4, -0.2) is 22.9 Å². The Balaban J connectivity index is 2.00. The number of nitrogens with one attached hydrogen (secondary N) is 1. The van der Waals surface area contributed by atoms with Crippen molar-refractivity contribution in [3.05, 3.63) is 59.5 Å². The molecule has 24 heavy (non-hydrogen) atoms. The molecule has 0 amide bonds. The second kappa shape index (κ2) is 7.45. The number of furan rings is 1. The first-order valence-corrected chi connectivity index (χ1v) is 7.89. The lowest BCUT2D eigenvalue weighted by molar-refractivity contribution is -0.139. The number of Topliss-reactive ketones (excluding diaryl/α,β-unsaturated/α-hetero) is 1. The monoisotopic (exact) mass is 329 g/mol. The van der Waals surface area contributed by atoms with Crippen LogP contribution < -0.4 is 5.32 Å². The normalized spacial score (nSPS) is 12.8. The number of aliphatic carboxylic acids is 1. The Labute approximate surface area is 141 Å². The summed E-state index contributed by atoms with van der Waals surface area (Å²) < 4.78 is 5.16. The van der Waals surface area contributed by atoms with E-state index in [1.807, 2.05) is 12.1 Å². The molecule has 5 nitrogen and oxygen atoms in total. The SMILES string of the molecule is CC(C)(C)c1ccc(C(=O)CC(NCc2ccco2)C(=O)O)cc1. The Morgan fingerprint density at radius 1 is 1.17 bits per heavy atom. The molecule has 1 unspecified atom stereocenters. The molecule has 0 aliphatic carbocycles. The van der Waals surface area contributed by atoms with E-state index in [1.54, 1.807) is 24.3 Å². The highest BCUT2D eigenvalue weighted by Crippen LogP contribution is 2.22. The molecule has 1 aromatic heterocycles. The van der Waals surface area contributed by atoms with Gasteiger partial charge in [0, 0.05) is 12.0 Å². The van der Waals surface area contributed by atoms with Crippen LogP contribution in [0.15, 0.2) is 47.1 Å². The second-order valence-electron chi connectivity index (χ2n) is 6.81. The van der Waals surface area contributed by atoms with Crippen molar-refractivity contribution in [3.8, 4) is 0 Å². The summed E-state index contributed by atoms with van der Waals surface area (Å²) in [7, 11) is 0. The van der Waals surface area contributed by atoms with Crippen LogP contribution in [0.25, 0.3) is 0 Å². The number of carbonyl (C=O) groups is 2. The van der Waals surface area contributed by atoms with Gasteiger partial charge in [-0.2, -0.15) is 0 Å². The summed E-state index contributed by atoms with van der Waals surface area (Å²) in [5.41, 5.74) is 1.66. The lowest BCUT2D eigenvalue weighted by Crippen LogP contribution is -2.38. The zero-order valence-corrected chi connectivity index (χ0v) is 14.2. The highest BCUT2D eigenvalue weighted by molar-refractivity contribution is 5.98. The number of hydrogen-bond acceptors (Lipinski definition) is 4. The first kappa shape index (κ1) is 17.9. The van der Waals surface area contributed by atoms with Gasteiger partial charge in [0.05, 0.1) is 12.8 Å². The number of hydrogen-bond donors (Lipinski definition) is 2. The minimum atomic E-state index is -1.05. The predicted octanol–water partition coefficient (Wildman–Crippen LogP) is 3.39. The molecule has 5 heteroatoms. The van der Waals surface area contributed by atoms with Crippen LogP contribution in [0.5, 0.6) is 0 Å². The van der Waals surface area contributed by atoms with Crippen LogP contribution in [-0.2, 0) is 16.8 Å². The molecule has 0 aliphatic rings. The van der Waals surface area contributed by atoms with E-state index in [2.05, 4.69) is 26.1 Å². The lowest BCUT2D eigenvalue weighted by Gasteiger charge is -2.19. The molecule has 0 bridgehead atoms. The van der Waals surface area contributed by atoms with Crippen molar-refractivity contribution in [1.82, 2.24) is 5.32 Å². The highest BCUT2D eigenvalue weighted by atomic mass is 16.4. The standard InChI is InChI=1S/C19H23NO4/c1-19(2,3)14-8-6-13(7-9-14)17(21)11-16(18(22)23)20-12-15-5-4-10-24-15/h4-10,16,20H,11-12H2,1-3H3,(H,22,23). The fourth-order valence-corrected chi connectivity index (χ4v) is 2.34. The van der Waals surface area contributed by atoms with Gasteiger partial charge in [-0.1, -0.05) is 45.0 Å². The third-order valence-corrected chi connectivity index (χ3v) is 3.86.